The number of hydrogen-bond acceptors (Lipinski definition) is 6. The summed E-state index contributed by atoms with van der Waals surface area (Å²) in [6.45, 7) is 5.50. The first-order chi connectivity index (χ1) is 14.0. The van der Waals surface area contributed by atoms with E-state index in [1.807, 2.05) is 45.2 Å². The zero-order chi connectivity index (χ0) is 22.9. The smallest absolute Gasteiger partial charge is 0.332 e. The minimum atomic E-state index is -3.80. The van der Waals surface area contributed by atoms with Crippen LogP contribution < -0.4 is 4.90 Å². The molecule has 1 fully saturated rings. The number of ether oxygens (including phenoxy) is 1. The maximum Gasteiger partial charge on any atom is 0.332 e. The van der Waals surface area contributed by atoms with Crippen LogP contribution in [0.15, 0.2) is 12.1 Å². The van der Waals surface area contributed by atoms with Crippen LogP contribution in [0.2, 0.25) is 0 Å². The number of benzene rings is 1. The second-order valence-electron chi connectivity index (χ2n) is 7.04. The number of anilines is 1. The first-order valence-electron chi connectivity index (χ1n) is 9.56. The van der Waals surface area contributed by atoms with Crippen molar-refractivity contribution in [3.8, 4) is 5.75 Å². The average molecular weight is 664 g/mol. The number of nitrogens with zero attached hydrogens (tertiary/aromatic N) is 2. The number of likely N-dealkylation sites (tertiary alicyclic amines) is 1. The summed E-state index contributed by atoms with van der Waals surface area (Å²) in [7, 11) is -2.40. The highest BCUT2D eigenvalue weighted by atomic mass is 127. The third-order valence-corrected chi connectivity index (χ3v) is 9.32. The molecule has 1 aliphatic rings. The van der Waals surface area contributed by atoms with E-state index in [2.05, 4.69) is 0 Å². The third-order valence-electron chi connectivity index (χ3n) is 5.59. The Bertz CT molecular complexity index is 910. The van der Waals surface area contributed by atoms with Crippen molar-refractivity contribution in [1.82, 2.24) is 4.90 Å². The second-order valence-corrected chi connectivity index (χ2v) is 11.5. The van der Waals surface area contributed by atoms with Gasteiger partial charge in [-0.25, -0.2) is 18.1 Å². The molecule has 1 N–H and O–H groups in total. The van der Waals surface area contributed by atoms with Gasteiger partial charge in [-0.15, -0.1) is 0 Å². The molecule has 1 atom stereocenters. The maximum absolute atomic E-state index is 13.4. The lowest BCUT2D eigenvalue weighted by Gasteiger charge is -2.54. The summed E-state index contributed by atoms with van der Waals surface area (Å²) in [5.74, 6) is -0.627. The molecule has 0 saturated carbocycles. The van der Waals surface area contributed by atoms with Gasteiger partial charge in [0.15, 0.2) is 15.2 Å². The van der Waals surface area contributed by atoms with E-state index in [1.165, 1.54) is 12.0 Å². The van der Waals surface area contributed by atoms with Crippen LogP contribution in [-0.2, 0) is 19.4 Å². The summed E-state index contributed by atoms with van der Waals surface area (Å²) in [6, 6.07) is 2.58. The number of imide groups is 1. The van der Waals surface area contributed by atoms with E-state index in [0.29, 0.717) is 25.7 Å². The molecule has 1 saturated heterocycles. The minimum Gasteiger partial charge on any atom is -0.506 e. The number of halogens is 2. The third kappa shape index (κ3) is 4.31. The van der Waals surface area contributed by atoms with Crippen LogP contribution in [-0.4, -0.2) is 61.8 Å². The largest absolute Gasteiger partial charge is 0.506 e. The Morgan fingerprint density at radius 3 is 2.20 bits per heavy atom. The highest BCUT2D eigenvalue weighted by molar-refractivity contribution is 14.1. The van der Waals surface area contributed by atoms with Gasteiger partial charge in [-0.1, -0.05) is 13.8 Å². The van der Waals surface area contributed by atoms with Crippen molar-refractivity contribution in [2.24, 2.45) is 5.41 Å². The van der Waals surface area contributed by atoms with E-state index in [-0.39, 0.29) is 24.7 Å². The Hall–Kier alpha value is -0.670. The monoisotopic (exact) mass is 664 g/mol. The fourth-order valence-corrected chi connectivity index (χ4v) is 7.79. The molecule has 3 amide bonds. The maximum atomic E-state index is 13.4. The normalized spacial score (nSPS) is 18.3. The molecular formula is C19H26I2N2O6S. The van der Waals surface area contributed by atoms with Crippen LogP contribution in [0.4, 0.5) is 10.5 Å². The van der Waals surface area contributed by atoms with Crippen LogP contribution in [0, 0.1) is 12.6 Å². The van der Waals surface area contributed by atoms with Gasteiger partial charge in [0.1, 0.15) is 5.75 Å². The van der Waals surface area contributed by atoms with Crippen molar-refractivity contribution in [3.05, 3.63) is 19.3 Å². The quantitative estimate of drug-likeness (QED) is 0.337. The minimum absolute atomic E-state index is 0.00952. The number of methoxy groups -OCH3 is 1. The summed E-state index contributed by atoms with van der Waals surface area (Å²) in [5.41, 5.74) is -0.625. The molecule has 0 aromatic heterocycles. The molecule has 0 bridgehead atoms. The van der Waals surface area contributed by atoms with Crippen molar-refractivity contribution in [1.29, 1.82) is 0 Å². The predicted molar refractivity (Wildman–Crippen MR) is 131 cm³/mol. The molecule has 8 nitrogen and oxygen atoms in total. The highest BCUT2D eigenvalue weighted by Crippen LogP contribution is 2.48. The van der Waals surface area contributed by atoms with Gasteiger partial charge in [0.05, 0.1) is 24.9 Å². The van der Waals surface area contributed by atoms with Crippen molar-refractivity contribution in [2.45, 2.75) is 39.0 Å². The lowest BCUT2D eigenvalue weighted by molar-refractivity contribution is -0.158. The first-order valence-corrected chi connectivity index (χ1v) is 13.4. The van der Waals surface area contributed by atoms with Crippen molar-refractivity contribution >= 4 is 72.6 Å². The van der Waals surface area contributed by atoms with Crippen LogP contribution >= 0.6 is 45.2 Å². The van der Waals surface area contributed by atoms with Crippen LogP contribution in [0.5, 0.6) is 5.75 Å². The van der Waals surface area contributed by atoms with Crippen LogP contribution in [0.1, 0.15) is 33.6 Å². The van der Waals surface area contributed by atoms with Crippen LogP contribution in [0.3, 0.4) is 0 Å². The van der Waals surface area contributed by atoms with Gasteiger partial charge in [0.25, 0.3) is 0 Å². The first kappa shape index (κ1) is 25.6. The number of carbonyl (C=O) groups excluding carboxylic acids is 2. The summed E-state index contributed by atoms with van der Waals surface area (Å²) in [6.07, 6.45) is 0.647. The molecule has 1 heterocycles. The fourth-order valence-electron chi connectivity index (χ4n) is 3.80. The number of aromatic hydroxyl groups is 1. The zero-order valence-corrected chi connectivity index (χ0v) is 22.4. The number of β-lactam (4-membered cyclic amide) rings is 1. The van der Waals surface area contributed by atoms with Gasteiger partial charge in [-0.2, -0.15) is 0 Å². The fraction of sp³-hybridized carbons (Fsp3) is 0.579. The van der Waals surface area contributed by atoms with Gasteiger partial charge >= 0.3 is 6.03 Å². The number of rotatable bonds is 8. The van der Waals surface area contributed by atoms with Crippen LogP contribution in [0.25, 0.3) is 0 Å². The van der Waals surface area contributed by atoms with E-state index >= 15 is 0 Å². The average Bonchev–Trinajstić information content (AvgIpc) is 2.70. The molecule has 0 aliphatic carbocycles. The van der Waals surface area contributed by atoms with Gasteiger partial charge in [-0.3, -0.25) is 9.69 Å². The molecule has 1 unspecified atom stereocenters. The number of phenols is 1. The van der Waals surface area contributed by atoms with E-state index in [0.717, 1.165) is 4.90 Å². The van der Waals surface area contributed by atoms with Crippen molar-refractivity contribution in [2.75, 3.05) is 30.9 Å². The number of urea groups is 1. The summed E-state index contributed by atoms with van der Waals surface area (Å²) >= 11 is 3.92. The van der Waals surface area contributed by atoms with Crippen molar-refractivity contribution < 1.29 is 27.9 Å². The van der Waals surface area contributed by atoms with Gasteiger partial charge in [0, 0.05) is 19.3 Å². The van der Waals surface area contributed by atoms with Crippen molar-refractivity contribution in [3.63, 3.8) is 0 Å². The molecule has 1 aromatic rings. The molecule has 0 radical (unpaired) electrons. The SMILES string of the molecule is CCN(C(=O)N1C(=O)C(CC)(CC)C1S(=O)(=O)CCOC)c1cc(I)c(O)c(I)c1. The number of amides is 3. The number of sulfone groups is 1. The Kier molecular flexibility index (Phi) is 8.41. The van der Waals surface area contributed by atoms with E-state index in [9.17, 15) is 23.1 Å². The molecule has 2 rings (SSSR count). The molecule has 0 spiro atoms. The summed E-state index contributed by atoms with van der Waals surface area (Å²) < 4.78 is 32.2. The van der Waals surface area contributed by atoms with E-state index in [1.54, 1.807) is 32.9 Å². The van der Waals surface area contributed by atoms with E-state index < -0.39 is 32.6 Å². The lowest BCUT2D eigenvalue weighted by atomic mass is 9.73. The Labute approximate surface area is 204 Å². The van der Waals surface area contributed by atoms with Gasteiger partial charge in [0.2, 0.25) is 5.91 Å². The second kappa shape index (κ2) is 9.86. The van der Waals surface area contributed by atoms with Gasteiger partial charge < -0.3 is 9.84 Å². The molecule has 11 heteroatoms. The number of phenolic OH excluding ortho intramolecular Hbond substituents is 1. The number of carbonyl (C=O) groups is 2. The van der Waals surface area contributed by atoms with Gasteiger partial charge in [-0.05, 0) is 77.1 Å². The lowest BCUT2D eigenvalue weighted by Crippen LogP contribution is -2.74. The predicted octanol–water partition coefficient (Wildman–Crippen LogP) is 3.58. The van der Waals surface area contributed by atoms with E-state index in [4.69, 9.17) is 4.74 Å². The Morgan fingerprint density at radius 1 is 1.23 bits per heavy atom. The topological polar surface area (TPSA) is 104 Å². The summed E-state index contributed by atoms with van der Waals surface area (Å²) in [4.78, 5) is 28.7. The number of hydrogen-bond donors (Lipinski definition) is 1. The molecule has 1 aromatic carbocycles. The summed E-state index contributed by atoms with van der Waals surface area (Å²) in [5, 5.41) is 8.80. The zero-order valence-electron chi connectivity index (χ0n) is 17.3. The highest BCUT2D eigenvalue weighted by Gasteiger charge is 2.66. The Morgan fingerprint density at radius 2 is 1.77 bits per heavy atom. The Balaban J connectivity index is 2.50. The molecule has 168 valence electrons. The standard InChI is InChI=1S/C19H26I2N2O6S/c1-5-19(6-2)16(25)23(17(19)30(27,28)9-8-29-4)18(26)22(7-3)12-10-13(20)15(24)14(21)11-12/h10-11,17,24H,5-9H2,1-4H3. The molecule has 1 aliphatic heterocycles. The molecular weight excluding hydrogens is 638 g/mol. The molecule has 30 heavy (non-hydrogen) atoms.